The van der Waals surface area contributed by atoms with Crippen LogP contribution < -0.4 is 9.80 Å². The van der Waals surface area contributed by atoms with Crippen LogP contribution >= 0.6 is 72.1 Å². The summed E-state index contributed by atoms with van der Waals surface area (Å²) < 4.78 is 0. The number of fused-ring (bicyclic) bond motifs is 4. The second-order valence-corrected chi connectivity index (χ2v) is 21.8. The third-order valence-electron chi connectivity index (χ3n) is 12.1. The van der Waals surface area contributed by atoms with Crippen LogP contribution in [0.2, 0.25) is 0 Å². The molecule has 0 bridgehead atoms. The summed E-state index contributed by atoms with van der Waals surface area (Å²) in [4.78, 5) is 18.6. The Bertz CT molecular complexity index is 1890. The van der Waals surface area contributed by atoms with Gasteiger partial charge in [0, 0.05) is 59.8 Å². The molecule has 0 amide bonds. The second-order valence-electron chi connectivity index (χ2n) is 16.3. The van der Waals surface area contributed by atoms with Crippen LogP contribution in [0, 0.1) is 0 Å². The van der Waals surface area contributed by atoms with Gasteiger partial charge in [0.15, 0.2) is 0 Å². The van der Waals surface area contributed by atoms with E-state index < -0.39 is 0 Å². The van der Waals surface area contributed by atoms with E-state index in [2.05, 4.69) is 165 Å². The first kappa shape index (κ1) is 48.5. The number of nitrogens with zero attached hydrogens (tertiary/aromatic N) is 4. The van der Waals surface area contributed by atoms with Gasteiger partial charge >= 0.3 is 0 Å². The van der Waals surface area contributed by atoms with Gasteiger partial charge in [-0.2, -0.15) is 12.6 Å². The van der Waals surface area contributed by atoms with E-state index in [1.807, 2.05) is 47.0 Å². The number of anilines is 4. The number of para-hydroxylation sites is 2. The first-order valence-corrected chi connectivity index (χ1v) is 26.1. The summed E-state index contributed by atoms with van der Waals surface area (Å²) in [6.07, 6.45) is 15.2. The summed E-state index contributed by atoms with van der Waals surface area (Å²) in [6, 6.07) is 33.2. The van der Waals surface area contributed by atoms with E-state index in [-0.39, 0.29) is 12.4 Å². The molecule has 4 aromatic rings. The van der Waals surface area contributed by atoms with Crippen molar-refractivity contribution in [2.75, 3.05) is 56.3 Å². The standard InChI is InChI=1S/C24H32N2S2.C21H26N2S2.C4H10S.ClH/c1-4-18(2)27-20-12-13-24-22(17-20)26(21-10-5-6-11-23(21)28-24)16-14-19-9-7-8-15-25(19)3;1-22-13-6-5-7-16(22)12-14-23-18-8-3-4-9-20(18)25-21-11-10-17(24-2)15-19(21)23;1-3-4(2)5;/h5-6,10-13,17-19H,4,7-9,14-16H2,1-3H3;3-4,8-11,15-16H,5-7,12-14H2,1-2H3;4-5H,3H2,1-2H3;1H. The lowest BCUT2D eigenvalue weighted by Crippen LogP contribution is -2.38. The number of halogens is 1. The Morgan fingerprint density at radius 3 is 1.51 bits per heavy atom. The first-order valence-electron chi connectivity index (χ1n) is 21.8. The van der Waals surface area contributed by atoms with Crippen molar-refractivity contribution in [3.63, 3.8) is 0 Å². The highest BCUT2D eigenvalue weighted by Crippen LogP contribution is 2.50. The predicted molar refractivity (Wildman–Crippen MR) is 271 cm³/mol. The largest absolute Gasteiger partial charge is 0.340 e. The SMILES string of the molecule is CCC(C)S.CCC(C)Sc1ccc2c(c1)N(CCC1CCCCN1C)c1ccccc1S2.CSc1ccc2c(c1)N(CCC1CCCCN1C)c1ccccc1S2.Cl. The summed E-state index contributed by atoms with van der Waals surface area (Å²) in [6.45, 7) is 13.5. The predicted octanol–water partition coefficient (Wildman–Crippen LogP) is 15.1. The average molecular weight is 910 g/mol. The highest BCUT2D eigenvalue weighted by molar-refractivity contribution is 8.00. The minimum atomic E-state index is 0. The van der Waals surface area contributed by atoms with Crippen molar-refractivity contribution >= 4 is 94.8 Å². The van der Waals surface area contributed by atoms with Gasteiger partial charge in [-0.3, -0.25) is 0 Å². The summed E-state index contributed by atoms with van der Waals surface area (Å²) in [7, 11) is 4.60. The van der Waals surface area contributed by atoms with Crippen LogP contribution in [0.1, 0.15) is 91.9 Å². The van der Waals surface area contributed by atoms with Crippen LogP contribution in [0.25, 0.3) is 0 Å². The molecule has 2 fully saturated rings. The lowest BCUT2D eigenvalue weighted by Gasteiger charge is -2.37. The molecule has 4 aliphatic heterocycles. The maximum atomic E-state index is 4.10. The fourth-order valence-electron chi connectivity index (χ4n) is 8.19. The molecule has 0 aromatic heterocycles. The molecule has 322 valence electrons. The molecule has 0 radical (unpaired) electrons. The fourth-order valence-corrected chi connectivity index (χ4v) is 11.7. The number of hydrogen-bond acceptors (Lipinski definition) is 9. The Labute approximate surface area is 387 Å². The van der Waals surface area contributed by atoms with Crippen molar-refractivity contribution in [2.45, 2.75) is 144 Å². The maximum absolute atomic E-state index is 4.10. The molecule has 4 aromatic carbocycles. The Morgan fingerprint density at radius 1 is 0.627 bits per heavy atom. The molecule has 0 saturated carbocycles. The van der Waals surface area contributed by atoms with Crippen LogP contribution in [-0.4, -0.2) is 78.9 Å². The van der Waals surface area contributed by atoms with Crippen molar-refractivity contribution in [1.82, 2.24) is 9.80 Å². The van der Waals surface area contributed by atoms with Gasteiger partial charge in [0.2, 0.25) is 0 Å². The number of likely N-dealkylation sites (tertiary alicyclic amines) is 2. The smallest absolute Gasteiger partial charge is 0.0564 e. The number of thiol groups is 1. The number of hydrogen-bond donors (Lipinski definition) is 1. The molecule has 2 saturated heterocycles. The van der Waals surface area contributed by atoms with Crippen molar-refractivity contribution in [2.24, 2.45) is 0 Å². The van der Waals surface area contributed by atoms with E-state index in [4.69, 9.17) is 0 Å². The molecule has 8 rings (SSSR count). The van der Waals surface area contributed by atoms with Gasteiger partial charge in [0.05, 0.1) is 22.7 Å². The molecule has 59 heavy (non-hydrogen) atoms. The van der Waals surface area contributed by atoms with Gasteiger partial charge in [-0.25, -0.2) is 0 Å². The molecule has 4 aliphatic rings. The minimum absolute atomic E-state index is 0. The zero-order chi connectivity index (χ0) is 41.0. The van der Waals surface area contributed by atoms with Gasteiger partial charge in [0.1, 0.15) is 0 Å². The summed E-state index contributed by atoms with van der Waals surface area (Å²) in [5, 5.41) is 1.24. The number of thioether (sulfide) groups is 2. The number of piperidine rings is 2. The minimum Gasteiger partial charge on any atom is -0.340 e. The van der Waals surface area contributed by atoms with Crippen LogP contribution in [0.15, 0.2) is 114 Å². The molecule has 10 heteroatoms. The third-order valence-corrected chi connectivity index (χ3v) is 16.8. The normalized spacial score (nSPS) is 19.6. The van der Waals surface area contributed by atoms with Crippen LogP contribution in [0.4, 0.5) is 22.7 Å². The zero-order valence-electron chi connectivity index (χ0n) is 36.6. The van der Waals surface area contributed by atoms with Crippen molar-refractivity contribution in [1.29, 1.82) is 0 Å². The summed E-state index contributed by atoms with van der Waals surface area (Å²) in [5.74, 6) is 0. The average Bonchev–Trinajstić information content (AvgIpc) is 3.25. The Hall–Kier alpha value is -1.56. The molecule has 4 heterocycles. The highest BCUT2D eigenvalue weighted by atomic mass is 35.5. The van der Waals surface area contributed by atoms with E-state index in [9.17, 15) is 0 Å². The van der Waals surface area contributed by atoms with E-state index in [1.165, 1.54) is 129 Å². The monoisotopic (exact) mass is 908 g/mol. The van der Waals surface area contributed by atoms with Gasteiger partial charge in [-0.05, 0) is 151 Å². The first-order chi connectivity index (χ1) is 28.2. The summed E-state index contributed by atoms with van der Waals surface area (Å²) >= 11 is 11.8. The second kappa shape index (κ2) is 24.3. The summed E-state index contributed by atoms with van der Waals surface area (Å²) in [5.41, 5.74) is 5.53. The molecular formula is C49H69ClN4S5. The van der Waals surface area contributed by atoms with Crippen LogP contribution in [-0.2, 0) is 0 Å². The Kier molecular flexibility index (Phi) is 20.0. The lowest BCUT2D eigenvalue weighted by molar-refractivity contribution is 0.178. The van der Waals surface area contributed by atoms with Gasteiger partial charge < -0.3 is 19.6 Å². The van der Waals surface area contributed by atoms with Crippen molar-refractivity contribution in [3.8, 4) is 0 Å². The molecule has 0 aliphatic carbocycles. The van der Waals surface area contributed by atoms with E-state index in [1.54, 1.807) is 0 Å². The van der Waals surface area contributed by atoms with Gasteiger partial charge in [-0.15, -0.1) is 35.9 Å². The highest BCUT2D eigenvalue weighted by Gasteiger charge is 2.28. The number of benzene rings is 4. The molecule has 4 unspecified atom stereocenters. The molecular weight excluding hydrogens is 840 g/mol. The lowest BCUT2D eigenvalue weighted by atomic mass is 9.99. The molecule has 0 N–H and O–H groups in total. The third kappa shape index (κ3) is 13.2. The van der Waals surface area contributed by atoms with Crippen molar-refractivity contribution in [3.05, 3.63) is 84.9 Å². The maximum Gasteiger partial charge on any atom is 0.0564 e. The van der Waals surface area contributed by atoms with Gasteiger partial charge in [-0.1, -0.05) is 88.3 Å². The van der Waals surface area contributed by atoms with E-state index in [0.29, 0.717) is 10.5 Å². The molecule has 4 atom stereocenters. The topological polar surface area (TPSA) is 13.0 Å². The Morgan fingerprint density at radius 2 is 1.07 bits per heavy atom. The van der Waals surface area contributed by atoms with E-state index in [0.717, 1.165) is 25.2 Å². The van der Waals surface area contributed by atoms with Crippen LogP contribution in [0.3, 0.4) is 0 Å². The fraction of sp³-hybridized carbons (Fsp3) is 0.510. The molecule has 0 spiro atoms. The van der Waals surface area contributed by atoms with Crippen molar-refractivity contribution < 1.29 is 0 Å². The quantitative estimate of drug-likeness (QED) is 0.117. The zero-order valence-corrected chi connectivity index (χ0v) is 41.5. The van der Waals surface area contributed by atoms with Gasteiger partial charge in [0.25, 0.3) is 0 Å². The van der Waals surface area contributed by atoms with E-state index >= 15 is 0 Å². The molecule has 4 nitrogen and oxygen atoms in total. The Balaban J connectivity index is 0.000000199. The van der Waals surface area contributed by atoms with Crippen LogP contribution in [0.5, 0.6) is 0 Å². The number of rotatable bonds is 11.